The van der Waals surface area contributed by atoms with Crippen molar-refractivity contribution >= 4 is 27.7 Å². The summed E-state index contributed by atoms with van der Waals surface area (Å²) in [6.45, 7) is 1.01. The van der Waals surface area contributed by atoms with Crippen LogP contribution in [0.3, 0.4) is 0 Å². The van der Waals surface area contributed by atoms with Gasteiger partial charge < -0.3 is 19.4 Å². The molecule has 3 aromatic heterocycles. The number of anilines is 1. The van der Waals surface area contributed by atoms with Gasteiger partial charge in [-0.2, -0.15) is 0 Å². The summed E-state index contributed by atoms with van der Waals surface area (Å²) < 4.78 is 52.6. The number of alkyl halides is 2. The molecule has 0 radical (unpaired) electrons. The number of oxazole rings is 1. The molecule has 0 spiro atoms. The first-order valence-electron chi connectivity index (χ1n) is 11.1. The Balaban J connectivity index is 0.000000672. The number of aromatic nitrogens is 3. The second-order valence-corrected chi connectivity index (χ2v) is 8.43. The van der Waals surface area contributed by atoms with E-state index in [9.17, 15) is 18.4 Å². The molecular weight excluding hydrogens is 488 g/mol. The van der Waals surface area contributed by atoms with Gasteiger partial charge in [-0.05, 0) is 31.2 Å². The van der Waals surface area contributed by atoms with Crippen molar-refractivity contribution in [2.75, 3.05) is 25.3 Å². The van der Waals surface area contributed by atoms with Gasteiger partial charge in [-0.15, -0.1) is 0 Å². The van der Waals surface area contributed by atoms with Gasteiger partial charge >= 0.3 is 51.4 Å². The predicted molar refractivity (Wildman–Crippen MR) is 121 cm³/mol. The van der Waals surface area contributed by atoms with Gasteiger partial charge in [0.2, 0.25) is 5.89 Å². The predicted octanol–water partition coefficient (Wildman–Crippen LogP) is 3.13. The summed E-state index contributed by atoms with van der Waals surface area (Å²) in [6, 6.07) is 4.27. The number of rotatable bonds is 4. The summed E-state index contributed by atoms with van der Waals surface area (Å²) in [5.41, 5.74) is 0.987. The van der Waals surface area contributed by atoms with Gasteiger partial charge in [-0.1, -0.05) is 19.3 Å². The van der Waals surface area contributed by atoms with E-state index in [0.717, 1.165) is 6.42 Å². The topological polar surface area (TPSA) is 87.3 Å². The Morgan fingerprint density at radius 3 is 2.49 bits per heavy atom. The van der Waals surface area contributed by atoms with Crippen LogP contribution in [0.4, 0.5) is 19.0 Å². The monoisotopic (exact) mass is 510 g/mol. The molecule has 2 fully saturated rings. The number of hydrogen-bond acceptors (Lipinski definition) is 7. The number of pyridine rings is 2. The Bertz CT molecular complexity index is 1340. The standard InChI is InChI=1S/C21H16F3N4O3.C3H6.K/c1-28(29)18-5-12-13(7-25-18)19(20(23)24)26-8-14(12)21-27-16-4-11(10-2-3-30-9-10)15(22)6-17(16)31-21;1-2-3-1;/h4-8,10,20H,2-3,9H2,1H3;1-3H2;/q-1;;+1. The van der Waals surface area contributed by atoms with Crippen LogP contribution in [0.25, 0.3) is 33.3 Å². The quantitative estimate of drug-likeness (QED) is 0.308. The number of fused-ring (bicyclic) bond motifs is 2. The Hall–Kier alpha value is -1.60. The van der Waals surface area contributed by atoms with E-state index in [-0.39, 0.29) is 85.4 Å². The first-order valence-corrected chi connectivity index (χ1v) is 11.1. The smallest absolute Gasteiger partial charge is 0.757 e. The first-order chi connectivity index (χ1) is 16.4. The van der Waals surface area contributed by atoms with Crippen LogP contribution in [0.15, 0.2) is 35.0 Å². The average Bonchev–Trinajstić information content (AvgIpc) is 3.49. The van der Waals surface area contributed by atoms with Crippen LogP contribution in [0.1, 0.15) is 49.3 Å². The van der Waals surface area contributed by atoms with Gasteiger partial charge in [0, 0.05) is 41.8 Å². The molecule has 35 heavy (non-hydrogen) atoms. The van der Waals surface area contributed by atoms with Gasteiger partial charge in [0.05, 0.1) is 12.2 Å². The minimum Gasteiger partial charge on any atom is -0.757 e. The number of halogens is 3. The molecule has 1 atom stereocenters. The number of ether oxygens (including phenoxy) is 1. The third-order valence-corrected chi connectivity index (χ3v) is 5.78. The summed E-state index contributed by atoms with van der Waals surface area (Å²) in [7, 11) is 1.25. The van der Waals surface area contributed by atoms with Crippen LogP contribution in [-0.2, 0) is 4.74 Å². The van der Waals surface area contributed by atoms with Crippen molar-refractivity contribution in [3.05, 3.63) is 52.9 Å². The molecule has 11 heteroatoms. The van der Waals surface area contributed by atoms with Crippen LogP contribution in [0, 0.1) is 11.0 Å². The molecule has 2 aliphatic rings. The molecule has 1 unspecified atom stereocenters. The van der Waals surface area contributed by atoms with Crippen molar-refractivity contribution in [3.8, 4) is 11.5 Å². The summed E-state index contributed by atoms with van der Waals surface area (Å²) in [6.07, 6.45) is 4.78. The molecule has 1 aromatic carbocycles. The Morgan fingerprint density at radius 1 is 1.09 bits per heavy atom. The third kappa shape index (κ3) is 5.71. The van der Waals surface area contributed by atoms with Crippen molar-refractivity contribution < 1.29 is 73.7 Å². The second-order valence-electron chi connectivity index (χ2n) is 8.43. The third-order valence-electron chi connectivity index (χ3n) is 5.78. The van der Waals surface area contributed by atoms with E-state index in [1.807, 2.05) is 0 Å². The molecular formula is C24H22F3KN4O3. The van der Waals surface area contributed by atoms with E-state index < -0.39 is 17.9 Å². The summed E-state index contributed by atoms with van der Waals surface area (Å²) in [5, 5.41) is 12.6. The van der Waals surface area contributed by atoms with Gasteiger partial charge in [-0.25, -0.2) is 23.1 Å². The summed E-state index contributed by atoms with van der Waals surface area (Å²) in [5.74, 6) is -0.358. The Morgan fingerprint density at radius 2 is 1.86 bits per heavy atom. The van der Waals surface area contributed by atoms with Gasteiger partial charge in [0.1, 0.15) is 22.8 Å². The maximum atomic E-state index is 14.6. The van der Waals surface area contributed by atoms with E-state index in [4.69, 9.17) is 9.15 Å². The normalized spacial score (nSPS) is 16.8. The van der Waals surface area contributed by atoms with Crippen molar-refractivity contribution in [1.82, 2.24) is 15.0 Å². The summed E-state index contributed by atoms with van der Waals surface area (Å²) in [4.78, 5) is 12.2. The fourth-order valence-electron chi connectivity index (χ4n) is 3.83. The van der Waals surface area contributed by atoms with Gasteiger partial charge in [-0.3, -0.25) is 4.98 Å². The molecule has 178 valence electrons. The van der Waals surface area contributed by atoms with Crippen LogP contribution in [0.2, 0.25) is 0 Å². The average molecular weight is 511 g/mol. The van der Waals surface area contributed by atoms with E-state index in [1.165, 1.54) is 50.8 Å². The van der Waals surface area contributed by atoms with Crippen molar-refractivity contribution in [3.63, 3.8) is 0 Å². The van der Waals surface area contributed by atoms with Crippen molar-refractivity contribution in [2.24, 2.45) is 0 Å². The zero-order valence-corrected chi connectivity index (χ0v) is 22.6. The van der Waals surface area contributed by atoms with Crippen LogP contribution in [0.5, 0.6) is 0 Å². The minimum atomic E-state index is -2.83. The zero-order valence-electron chi connectivity index (χ0n) is 19.4. The molecule has 4 heterocycles. The molecule has 7 nitrogen and oxygen atoms in total. The molecule has 1 saturated heterocycles. The summed E-state index contributed by atoms with van der Waals surface area (Å²) >= 11 is 0. The molecule has 4 aromatic rings. The molecule has 1 aliphatic heterocycles. The SMILES string of the molecule is C1CC1.CN([O-])c1cc2c(-c3nc4cc(C5CCOC5)c(F)cc4o3)cnc(C(F)F)c2cn1.[K+]. The van der Waals surface area contributed by atoms with Crippen molar-refractivity contribution in [2.45, 2.75) is 38.0 Å². The molecule has 0 N–H and O–H groups in total. The number of hydroxylamine groups is 1. The Kier molecular flexibility index (Phi) is 8.47. The van der Waals surface area contributed by atoms with E-state index in [1.54, 1.807) is 6.07 Å². The first kappa shape index (κ1) is 26.5. The second kappa shape index (κ2) is 11.2. The minimum absolute atomic E-state index is 0. The van der Waals surface area contributed by atoms with Crippen LogP contribution < -0.4 is 56.4 Å². The zero-order chi connectivity index (χ0) is 23.8. The number of nitrogens with zero attached hydrogens (tertiary/aromatic N) is 4. The van der Waals surface area contributed by atoms with Gasteiger partial charge in [0.25, 0.3) is 6.43 Å². The van der Waals surface area contributed by atoms with E-state index in [0.29, 0.717) is 34.9 Å². The fraction of sp³-hybridized carbons (Fsp3) is 0.375. The molecule has 0 amide bonds. The molecule has 0 bridgehead atoms. The van der Waals surface area contributed by atoms with Crippen LogP contribution >= 0.6 is 0 Å². The Labute approximate surface area is 242 Å². The van der Waals surface area contributed by atoms with E-state index in [2.05, 4.69) is 15.0 Å². The maximum absolute atomic E-state index is 14.6. The largest absolute Gasteiger partial charge is 1.00 e. The van der Waals surface area contributed by atoms with Gasteiger partial charge in [0.15, 0.2) is 5.58 Å². The number of benzene rings is 1. The number of hydrogen-bond donors (Lipinski definition) is 0. The van der Waals surface area contributed by atoms with Crippen LogP contribution in [-0.4, -0.2) is 35.2 Å². The van der Waals surface area contributed by atoms with Crippen molar-refractivity contribution in [1.29, 1.82) is 0 Å². The molecule has 6 rings (SSSR count). The fourth-order valence-corrected chi connectivity index (χ4v) is 3.83. The van der Waals surface area contributed by atoms with E-state index >= 15 is 0 Å². The molecule has 1 aliphatic carbocycles. The maximum Gasteiger partial charge on any atom is 1.00 e. The molecule has 1 saturated carbocycles.